The molecule has 0 aliphatic carbocycles. The molecule has 0 amide bonds. The standard InChI is InChI=1S/C28H19P/c29-28-23-17-15-21-13-7-12-20-14-16-22(27(23)24(20)21)25(18-8-3-1-4-9-18)26(28)19-10-5-2-6-11-19/h1-17H,29H2. The number of rotatable bonds is 2. The van der Waals surface area contributed by atoms with Gasteiger partial charge in [-0.3, -0.25) is 0 Å². The van der Waals surface area contributed by atoms with Crippen molar-refractivity contribution in [3.8, 4) is 22.3 Å². The lowest BCUT2D eigenvalue weighted by molar-refractivity contribution is 1.63. The fraction of sp³-hybridized carbons (Fsp3) is 0. The lowest BCUT2D eigenvalue weighted by Gasteiger charge is -2.21. The molecule has 0 saturated carbocycles. The molecule has 0 spiro atoms. The Labute approximate surface area is 172 Å². The van der Waals surface area contributed by atoms with E-state index >= 15 is 0 Å². The molecule has 6 aromatic rings. The van der Waals surface area contributed by atoms with Crippen LogP contribution in [0, 0.1) is 0 Å². The Balaban J connectivity index is 1.90. The van der Waals surface area contributed by atoms with Crippen LogP contribution in [-0.2, 0) is 0 Å². The maximum Gasteiger partial charge on any atom is -0.00139 e. The van der Waals surface area contributed by atoms with Crippen molar-refractivity contribution in [3.63, 3.8) is 0 Å². The Morgan fingerprint density at radius 3 is 1.59 bits per heavy atom. The first kappa shape index (κ1) is 16.7. The maximum absolute atomic E-state index is 3.05. The van der Waals surface area contributed by atoms with Crippen LogP contribution in [0.2, 0.25) is 0 Å². The van der Waals surface area contributed by atoms with E-state index in [0.29, 0.717) is 0 Å². The van der Waals surface area contributed by atoms with Crippen LogP contribution < -0.4 is 5.30 Å². The largest absolute Gasteiger partial charge is 0.104 e. The summed E-state index contributed by atoms with van der Waals surface area (Å²) in [7, 11) is 3.05. The van der Waals surface area contributed by atoms with Gasteiger partial charge in [-0.2, -0.15) is 0 Å². The van der Waals surface area contributed by atoms with Crippen LogP contribution in [0.25, 0.3) is 54.6 Å². The topological polar surface area (TPSA) is 0 Å². The number of hydrogen-bond donors (Lipinski definition) is 0. The summed E-state index contributed by atoms with van der Waals surface area (Å²) in [5.41, 5.74) is 5.12. The van der Waals surface area contributed by atoms with Crippen molar-refractivity contribution in [1.29, 1.82) is 0 Å². The molecule has 6 rings (SSSR count). The molecule has 1 atom stereocenters. The molecule has 29 heavy (non-hydrogen) atoms. The van der Waals surface area contributed by atoms with Gasteiger partial charge in [-0.05, 0) is 59.9 Å². The minimum atomic E-state index is 1.25. The predicted molar refractivity (Wildman–Crippen MR) is 130 cm³/mol. The molecule has 0 heterocycles. The van der Waals surface area contributed by atoms with Crippen molar-refractivity contribution in [2.45, 2.75) is 0 Å². The van der Waals surface area contributed by atoms with Crippen LogP contribution in [0.4, 0.5) is 0 Å². The molecule has 6 aromatic carbocycles. The van der Waals surface area contributed by atoms with Crippen LogP contribution >= 0.6 is 9.24 Å². The first-order valence-corrected chi connectivity index (χ1v) is 10.5. The molecule has 0 saturated heterocycles. The summed E-state index contributed by atoms with van der Waals surface area (Å²) < 4.78 is 0. The van der Waals surface area contributed by atoms with Gasteiger partial charge < -0.3 is 0 Å². The molecule has 0 aliphatic rings. The lowest BCUT2D eigenvalue weighted by Crippen LogP contribution is -2.04. The van der Waals surface area contributed by atoms with Crippen molar-refractivity contribution in [2.75, 3.05) is 0 Å². The Morgan fingerprint density at radius 2 is 0.966 bits per heavy atom. The minimum Gasteiger partial charge on any atom is -0.104 e. The van der Waals surface area contributed by atoms with Gasteiger partial charge in [0.25, 0.3) is 0 Å². The fourth-order valence-corrected chi connectivity index (χ4v) is 5.28. The van der Waals surface area contributed by atoms with Gasteiger partial charge >= 0.3 is 0 Å². The summed E-state index contributed by atoms with van der Waals surface area (Å²) in [5, 5.41) is 9.23. The summed E-state index contributed by atoms with van der Waals surface area (Å²) in [6.07, 6.45) is 0. The third-order valence-electron chi connectivity index (χ3n) is 5.98. The van der Waals surface area contributed by atoms with Gasteiger partial charge in [0.2, 0.25) is 0 Å². The van der Waals surface area contributed by atoms with Crippen molar-refractivity contribution in [3.05, 3.63) is 103 Å². The van der Waals surface area contributed by atoms with E-state index in [-0.39, 0.29) is 0 Å². The highest BCUT2D eigenvalue weighted by molar-refractivity contribution is 7.29. The average molecular weight is 386 g/mol. The first-order chi connectivity index (χ1) is 14.3. The highest BCUT2D eigenvalue weighted by atomic mass is 31.0. The molecule has 0 aromatic heterocycles. The molecule has 1 unspecified atom stereocenters. The summed E-state index contributed by atoms with van der Waals surface area (Å²) in [6.45, 7) is 0. The van der Waals surface area contributed by atoms with E-state index in [1.807, 2.05) is 0 Å². The van der Waals surface area contributed by atoms with Gasteiger partial charge in [-0.1, -0.05) is 103 Å². The van der Waals surface area contributed by atoms with Crippen LogP contribution in [-0.4, -0.2) is 0 Å². The summed E-state index contributed by atoms with van der Waals surface area (Å²) in [4.78, 5) is 0. The minimum absolute atomic E-state index is 1.25. The zero-order chi connectivity index (χ0) is 19.4. The zero-order valence-corrected chi connectivity index (χ0v) is 17.0. The molecular weight excluding hydrogens is 367 g/mol. The Bertz CT molecular complexity index is 1470. The molecule has 136 valence electrons. The van der Waals surface area contributed by atoms with Crippen LogP contribution in [0.3, 0.4) is 0 Å². The van der Waals surface area contributed by atoms with Gasteiger partial charge in [0.1, 0.15) is 0 Å². The number of hydrogen-bond acceptors (Lipinski definition) is 0. The second-order valence-electron chi connectivity index (χ2n) is 7.58. The number of benzene rings is 6. The first-order valence-electron chi connectivity index (χ1n) is 9.93. The predicted octanol–water partition coefficient (Wildman–Crippen LogP) is 7.42. The van der Waals surface area contributed by atoms with Gasteiger partial charge in [0.05, 0.1) is 0 Å². The second-order valence-corrected chi connectivity index (χ2v) is 8.15. The van der Waals surface area contributed by atoms with Crippen molar-refractivity contribution in [2.24, 2.45) is 0 Å². The van der Waals surface area contributed by atoms with Gasteiger partial charge in [0.15, 0.2) is 0 Å². The monoisotopic (exact) mass is 386 g/mol. The average Bonchev–Trinajstić information content (AvgIpc) is 2.79. The fourth-order valence-electron chi connectivity index (χ4n) is 4.73. The van der Waals surface area contributed by atoms with Gasteiger partial charge in [-0.25, -0.2) is 0 Å². The molecule has 0 aliphatic heterocycles. The molecule has 0 N–H and O–H groups in total. The van der Waals surface area contributed by atoms with Gasteiger partial charge in [0, 0.05) is 0 Å². The molecule has 0 radical (unpaired) electrons. The highest BCUT2D eigenvalue weighted by Crippen LogP contribution is 2.44. The van der Waals surface area contributed by atoms with E-state index in [9.17, 15) is 0 Å². The van der Waals surface area contributed by atoms with Gasteiger partial charge in [-0.15, -0.1) is 9.24 Å². The lowest BCUT2D eigenvalue weighted by atomic mass is 9.85. The molecule has 0 nitrogen and oxygen atoms in total. The van der Waals surface area contributed by atoms with E-state index < -0.39 is 0 Å². The Kier molecular flexibility index (Phi) is 3.69. The van der Waals surface area contributed by atoms with E-state index in [4.69, 9.17) is 0 Å². The van der Waals surface area contributed by atoms with Crippen molar-refractivity contribution < 1.29 is 0 Å². The molecular formula is C28H19P. The highest BCUT2D eigenvalue weighted by Gasteiger charge is 2.20. The summed E-state index contributed by atoms with van der Waals surface area (Å²) >= 11 is 0. The Hall–Kier alpha value is -3.21. The third-order valence-corrected chi connectivity index (χ3v) is 6.58. The van der Waals surface area contributed by atoms with E-state index in [0.717, 1.165) is 0 Å². The molecule has 1 heteroatoms. The van der Waals surface area contributed by atoms with E-state index in [2.05, 4.69) is 112 Å². The van der Waals surface area contributed by atoms with E-state index in [1.165, 1.54) is 59.9 Å². The summed E-state index contributed by atoms with van der Waals surface area (Å²) in [5.74, 6) is 0. The van der Waals surface area contributed by atoms with Crippen molar-refractivity contribution in [1.82, 2.24) is 0 Å². The Morgan fingerprint density at radius 1 is 0.414 bits per heavy atom. The van der Waals surface area contributed by atoms with Crippen LogP contribution in [0.1, 0.15) is 0 Å². The third kappa shape index (κ3) is 2.43. The van der Waals surface area contributed by atoms with E-state index in [1.54, 1.807) is 0 Å². The second kappa shape index (κ2) is 6.41. The quantitative estimate of drug-likeness (QED) is 0.215. The van der Waals surface area contributed by atoms with Crippen molar-refractivity contribution >= 4 is 46.9 Å². The van der Waals surface area contributed by atoms with Crippen LogP contribution in [0.15, 0.2) is 103 Å². The zero-order valence-electron chi connectivity index (χ0n) is 15.9. The van der Waals surface area contributed by atoms with Crippen LogP contribution in [0.5, 0.6) is 0 Å². The summed E-state index contributed by atoms with van der Waals surface area (Å²) in [6, 6.07) is 37.3. The SMILES string of the molecule is Pc1c(-c2ccccc2)c(-c2ccccc2)c2ccc3cccc4ccc1c2c43. The molecule has 0 fully saturated rings. The smallest absolute Gasteiger partial charge is 0.00139 e. The maximum atomic E-state index is 3.05. The normalized spacial score (nSPS) is 11.6. The molecule has 0 bridgehead atoms.